The predicted molar refractivity (Wildman–Crippen MR) is 277 cm³/mol. The van der Waals surface area contributed by atoms with Crippen molar-refractivity contribution in [3.05, 3.63) is 227 Å². The topological polar surface area (TPSA) is 14.1 Å². The molecule has 15 rings (SSSR count). The number of rotatable bonds is 6. The first-order valence-corrected chi connectivity index (χ1v) is 25.2. The maximum atomic E-state index is 14.8. The van der Waals surface area contributed by atoms with Gasteiger partial charge in [0.2, 0.25) is 0 Å². The van der Waals surface area contributed by atoms with Crippen molar-refractivity contribution in [3.8, 4) is 0 Å². The molecule has 4 aliphatic heterocycles. The highest BCUT2D eigenvalue weighted by molar-refractivity contribution is 8.00. The maximum absolute atomic E-state index is 14.8. The normalized spacial score (nSPS) is 24.0. The van der Waals surface area contributed by atoms with E-state index in [1.807, 2.05) is 53.9 Å². The molecule has 2 aromatic heterocycles. The van der Waals surface area contributed by atoms with E-state index in [1.54, 1.807) is 24.3 Å². The number of allylic oxidation sites excluding steroid dienone is 3. The van der Waals surface area contributed by atoms with Gasteiger partial charge in [0.15, 0.2) is 0 Å². The Labute approximate surface area is 401 Å². The molecule has 2 aliphatic carbocycles. The minimum atomic E-state index is -0.518. The van der Waals surface area contributed by atoms with Gasteiger partial charge >= 0.3 is 0 Å². The van der Waals surface area contributed by atoms with Crippen LogP contribution in [0.4, 0.5) is 48.6 Å². The number of anilines is 7. The number of hydrogen-bond acceptors (Lipinski definition) is 5. The first kappa shape index (κ1) is 39.0. The first-order chi connectivity index (χ1) is 33.3. The number of thioether (sulfide) groups is 2. The summed E-state index contributed by atoms with van der Waals surface area (Å²) in [6.45, 7) is 4.88. The second kappa shape index (κ2) is 13.8. The third kappa shape index (κ3) is 5.01. The molecule has 6 heterocycles. The summed E-state index contributed by atoms with van der Waals surface area (Å²) in [4.78, 5) is 10.1. The molecule has 7 aromatic carbocycles. The SMILES string of the molecule is CC12C=CC=CC1Sc1c2n2c3c(c4c(N(c5ccccc5)c5ccc(F)cc5)ccc1c42)=CC1N2c4c(ccc(N(c5ccccc5)c5ccc(F)cc5)c4C1(C)C=3)C1Sc3ccccc3C12. The molecule has 0 N–H and O–H groups in total. The second-order valence-corrected chi connectivity index (χ2v) is 21.7. The van der Waals surface area contributed by atoms with Crippen molar-refractivity contribution in [1.82, 2.24) is 4.40 Å². The summed E-state index contributed by atoms with van der Waals surface area (Å²) in [7, 11) is 0. The molecule has 328 valence electrons. The Balaban J connectivity index is 1.08. The van der Waals surface area contributed by atoms with Crippen LogP contribution in [0.5, 0.6) is 0 Å². The van der Waals surface area contributed by atoms with Crippen LogP contribution >= 0.6 is 23.5 Å². The lowest BCUT2D eigenvalue weighted by atomic mass is 9.73. The van der Waals surface area contributed by atoms with Crippen molar-refractivity contribution >= 4 is 91.8 Å². The van der Waals surface area contributed by atoms with Crippen molar-refractivity contribution in [1.29, 1.82) is 0 Å². The average molecular weight is 921 g/mol. The van der Waals surface area contributed by atoms with Crippen LogP contribution in [0, 0.1) is 11.6 Å². The molecular weight excluding hydrogens is 879 g/mol. The van der Waals surface area contributed by atoms with Crippen LogP contribution < -0.4 is 25.3 Å². The fraction of sp³-hybridized carbons (Fsp3) is 0.133. The summed E-state index contributed by atoms with van der Waals surface area (Å²) < 4.78 is 32.2. The van der Waals surface area contributed by atoms with Gasteiger partial charge in [-0.2, -0.15) is 0 Å². The van der Waals surface area contributed by atoms with E-state index < -0.39 is 5.41 Å². The second-order valence-electron chi connectivity index (χ2n) is 19.4. The number of hydrogen-bond donors (Lipinski definition) is 0. The van der Waals surface area contributed by atoms with E-state index in [-0.39, 0.29) is 39.6 Å². The summed E-state index contributed by atoms with van der Waals surface area (Å²) in [5, 5.41) is 5.37. The Bertz CT molecular complexity index is 3790. The summed E-state index contributed by atoms with van der Waals surface area (Å²) in [6, 6.07) is 53.3. The fourth-order valence-corrected chi connectivity index (χ4v) is 15.9. The highest BCUT2D eigenvalue weighted by Crippen LogP contribution is 2.70. The molecule has 6 unspecified atom stereocenters. The summed E-state index contributed by atoms with van der Waals surface area (Å²) in [6.07, 6.45) is 14.4. The zero-order chi connectivity index (χ0) is 45.2. The maximum Gasteiger partial charge on any atom is 0.123 e. The largest absolute Gasteiger partial charge is 0.355 e. The van der Waals surface area contributed by atoms with Crippen LogP contribution in [0.25, 0.3) is 28.4 Å². The van der Waals surface area contributed by atoms with Crippen LogP contribution in [-0.4, -0.2) is 15.7 Å². The fourth-order valence-electron chi connectivity index (χ4n) is 12.9. The molecule has 0 saturated carbocycles. The standard InChI is InChI=1S/C60H42F2N4S2/c1-59-32-12-11-19-50(59)68-57-42-28-30-45(63(37-13-5-3-6-14-37)39-24-20-35(61)21-25-39)51-44-33-49-60(2,34-47(44)65(53(42)51)58(57)59)52-46(64(38-15-7-4-8-16-38)40-26-22-36(62)23-27-40)31-29-43-54(52)66(49)55-41-17-9-10-18-48(41)67-56(43)55/h3-34,49-50,55-56H,1-2H3. The monoisotopic (exact) mass is 920 g/mol. The minimum absolute atomic E-state index is 0.0595. The van der Waals surface area contributed by atoms with Gasteiger partial charge in [-0.15, -0.1) is 23.5 Å². The summed E-state index contributed by atoms with van der Waals surface area (Å²) >= 11 is 3.97. The van der Waals surface area contributed by atoms with Gasteiger partial charge in [-0.25, -0.2) is 8.78 Å². The quantitative estimate of drug-likeness (QED) is 0.164. The van der Waals surface area contributed by atoms with Crippen LogP contribution in [0.1, 0.15) is 47.5 Å². The van der Waals surface area contributed by atoms with Crippen LogP contribution in [0.15, 0.2) is 192 Å². The third-order valence-corrected chi connectivity index (χ3v) is 18.7. The van der Waals surface area contributed by atoms with E-state index in [4.69, 9.17) is 0 Å². The van der Waals surface area contributed by atoms with Crippen LogP contribution in [-0.2, 0) is 10.8 Å². The van der Waals surface area contributed by atoms with Gasteiger partial charge in [0.1, 0.15) is 11.6 Å². The number of aromatic nitrogens is 1. The lowest BCUT2D eigenvalue weighted by molar-refractivity contribution is 0.522. The first-order valence-electron chi connectivity index (χ1n) is 23.4. The zero-order valence-corrected chi connectivity index (χ0v) is 38.8. The highest BCUT2D eigenvalue weighted by Gasteiger charge is 2.59. The Morgan fingerprint density at radius 1 is 0.603 bits per heavy atom. The number of halogens is 2. The van der Waals surface area contributed by atoms with E-state index >= 15 is 0 Å². The van der Waals surface area contributed by atoms with Gasteiger partial charge in [-0.1, -0.05) is 91.0 Å². The number of nitrogens with zero attached hydrogens (tertiary/aromatic N) is 4. The van der Waals surface area contributed by atoms with E-state index in [0.29, 0.717) is 0 Å². The van der Waals surface area contributed by atoms with Gasteiger partial charge in [0, 0.05) is 81.6 Å². The lowest BCUT2D eigenvalue weighted by Crippen LogP contribution is -2.49. The van der Waals surface area contributed by atoms with Gasteiger partial charge in [-0.05, 0) is 128 Å². The zero-order valence-electron chi connectivity index (χ0n) is 37.1. The molecule has 6 aliphatic rings. The highest BCUT2D eigenvalue weighted by atomic mass is 32.2. The molecule has 68 heavy (non-hydrogen) atoms. The Morgan fingerprint density at radius 3 is 1.94 bits per heavy atom. The molecule has 4 nitrogen and oxygen atoms in total. The molecule has 0 bridgehead atoms. The van der Waals surface area contributed by atoms with E-state index in [0.717, 1.165) is 34.1 Å². The molecule has 8 heteroatoms. The molecule has 0 amide bonds. The smallest absolute Gasteiger partial charge is 0.123 e. The van der Waals surface area contributed by atoms with E-state index in [1.165, 1.54) is 64.7 Å². The van der Waals surface area contributed by atoms with Gasteiger partial charge < -0.3 is 19.1 Å². The Kier molecular flexibility index (Phi) is 7.93. The molecule has 0 fully saturated rings. The van der Waals surface area contributed by atoms with Gasteiger partial charge in [0.05, 0.1) is 39.6 Å². The Hall–Kier alpha value is -7.00. The van der Waals surface area contributed by atoms with Gasteiger partial charge in [-0.3, -0.25) is 0 Å². The van der Waals surface area contributed by atoms with Crippen LogP contribution in [0.3, 0.4) is 0 Å². The van der Waals surface area contributed by atoms with E-state index in [9.17, 15) is 8.78 Å². The van der Waals surface area contributed by atoms with Crippen LogP contribution in [0.2, 0.25) is 0 Å². The summed E-state index contributed by atoms with van der Waals surface area (Å²) in [5.41, 5.74) is 13.1. The summed E-state index contributed by atoms with van der Waals surface area (Å²) in [5.74, 6) is -0.522. The average Bonchev–Trinajstić information content (AvgIpc) is 4.18. The van der Waals surface area contributed by atoms with Crippen molar-refractivity contribution in [2.75, 3.05) is 14.7 Å². The number of para-hydroxylation sites is 2. The van der Waals surface area contributed by atoms with Crippen molar-refractivity contribution in [2.45, 2.75) is 57.1 Å². The van der Waals surface area contributed by atoms with Crippen molar-refractivity contribution in [2.24, 2.45) is 0 Å². The predicted octanol–water partition coefficient (Wildman–Crippen LogP) is 14.2. The van der Waals surface area contributed by atoms with Crippen molar-refractivity contribution < 1.29 is 8.78 Å². The lowest BCUT2D eigenvalue weighted by Gasteiger charge is -2.39. The van der Waals surface area contributed by atoms with Gasteiger partial charge in [0.25, 0.3) is 0 Å². The molecule has 0 radical (unpaired) electrons. The number of fused-ring (bicyclic) bond motifs is 16. The Morgan fingerprint density at radius 2 is 1.24 bits per heavy atom. The molecule has 6 atom stereocenters. The van der Waals surface area contributed by atoms with Crippen molar-refractivity contribution in [3.63, 3.8) is 0 Å². The molecule has 9 aromatic rings. The minimum Gasteiger partial charge on any atom is -0.355 e. The number of benzene rings is 7. The molecule has 0 saturated heterocycles. The third-order valence-electron chi connectivity index (χ3n) is 15.8. The molecule has 0 spiro atoms. The molecular formula is C60H42F2N4S2. The van der Waals surface area contributed by atoms with E-state index in [2.05, 4.69) is 173 Å².